The predicted molar refractivity (Wildman–Crippen MR) is 117 cm³/mol. The summed E-state index contributed by atoms with van der Waals surface area (Å²) in [6.45, 7) is 3.18. The molecule has 0 aliphatic carbocycles. The van der Waals surface area contributed by atoms with E-state index in [4.69, 9.17) is 0 Å². The second-order valence-corrected chi connectivity index (χ2v) is 8.81. The van der Waals surface area contributed by atoms with Crippen LogP contribution >= 0.6 is 11.3 Å². The van der Waals surface area contributed by atoms with Gasteiger partial charge < -0.3 is 10.2 Å². The summed E-state index contributed by atoms with van der Waals surface area (Å²) < 4.78 is 42.1. The Hall–Kier alpha value is -2.75. The van der Waals surface area contributed by atoms with Gasteiger partial charge in [0.1, 0.15) is 5.69 Å². The Kier molecular flexibility index (Phi) is 5.83. The van der Waals surface area contributed by atoms with Gasteiger partial charge in [0.25, 0.3) is 0 Å². The topological polar surface area (TPSA) is 71.2 Å². The summed E-state index contributed by atoms with van der Waals surface area (Å²) in [4.78, 5) is 0.851. The van der Waals surface area contributed by atoms with Gasteiger partial charge in [-0.2, -0.15) is 13.2 Å². The zero-order chi connectivity index (χ0) is 23.1. The number of aromatic nitrogens is 3. The van der Waals surface area contributed by atoms with E-state index in [2.05, 4.69) is 10.3 Å². The van der Waals surface area contributed by atoms with E-state index in [1.165, 1.54) is 22.9 Å². The summed E-state index contributed by atoms with van der Waals surface area (Å²) in [5.41, 5.74) is -0.742. The quantitative estimate of drug-likeness (QED) is 0.402. The van der Waals surface area contributed by atoms with Crippen molar-refractivity contribution in [1.82, 2.24) is 15.0 Å². The van der Waals surface area contributed by atoms with E-state index >= 15 is 0 Å². The molecule has 2 unspecified atom stereocenters. The average Bonchev–Trinajstić information content (AvgIpc) is 3.37. The van der Waals surface area contributed by atoms with Crippen LogP contribution in [0, 0.1) is 0 Å². The molecule has 2 N–H and O–H groups in total. The maximum Gasteiger partial charge on any atom is 0.423 e. The summed E-state index contributed by atoms with van der Waals surface area (Å²) in [6.07, 6.45) is -4.91. The van der Waals surface area contributed by atoms with Crippen molar-refractivity contribution in [2.45, 2.75) is 44.7 Å². The molecule has 0 amide bonds. The minimum Gasteiger partial charge on any atom is -0.388 e. The van der Waals surface area contributed by atoms with Crippen molar-refractivity contribution in [3.63, 3.8) is 0 Å². The van der Waals surface area contributed by atoms with Gasteiger partial charge in [-0.1, -0.05) is 54.6 Å². The molecule has 2 aromatic carbocycles. The number of aliphatic hydroxyl groups is 2. The van der Waals surface area contributed by atoms with E-state index in [9.17, 15) is 23.4 Å². The molecule has 0 radical (unpaired) electrons. The molecule has 2 aromatic heterocycles. The zero-order valence-electron chi connectivity index (χ0n) is 17.5. The first kappa shape index (κ1) is 22.4. The zero-order valence-corrected chi connectivity index (χ0v) is 18.3. The number of halogens is 3. The van der Waals surface area contributed by atoms with Gasteiger partial charge in [0.2, 0.25) is 5.60 Å². The third-order valence-corrected chi connectivity index (χ3v) is 6.83. The van der Waals surface area contributed by atoms with E-state index < -0.39 is 30.0 Å². The molecule has 0 fully saturated rings. The number of aliphatic hydroxyl groups excluding tert-OH is 1. The molecular formula is C23H22F3N3O2S. The average molecular weight is 462 g/mol. The van der Waals surface area contributed by atoms with E-state index in [0.29, 0.717) is 0 Å². The Labute approximate surface area is 186 Å². The molecule has 168 valence electrons. The van der Waals surface area contributed by atoms with Gasteiger partial charge in [-0.15, -0.1) is 16.4 Å². The third-order valence-electron chi connectivity index (χ3n) is 5.51. The van der Waals surface area contributed by atoms with Crippen molar-refractivity contribution in [1.29, 1.82) is 0 Å². The molecule has 0 saturated heterocycles. The van der Waals surface area contributed by atoms with Gasteiger partial charge >= 0.3 is 6.18 Å². The van der Waals surface area contributed by atoms with E-state index in [-0.39, 0.29) is 6.54 Å². The maximum absolute atomic E-state index is 13.3. The number of thiophene rings is 1. The van der Waals surface area contributed by atoms with Crippen LogP contribution in [-0.2, 0) is 12.1 Å². The molecule has 4 rings (SSSR count). The first-order chi connectivity index (χ1) is 15.1. The largest absolute Gasteiger partial charge is 0.423 e. The molecule has 0 aliphatic rings. The van der Waals surface area contributed by atoms with Gasteiger partial charge in [0.15, 0.2) is 0 Å². The third kappa shape index (κ3) is 3.92. The molecule has 32 heavy (non-hydrogen) atoms. The Balaban J connectivity index is 1.69. The number of hydrogen-bond donors (Lipinski definition) is 2. The van der Waals surface area contributed by atoms with Crippen molar-refractivity contribution < 1.29 is 23.4 Å². The van der Waals surface area contributed by atoms with Crippen molar-refractivity contribution in [3.8, 4) is 11.1 Å². The first-order valence-corrected chi connectivity index (χ1v) is 10.9. The van der Waals surface area contributed by atoms with Gasteiger partial charge in [0, 0.05) is 20.5 Å². The maximum atomic E-state index is 13.3. The summed E-state index contributed by atoms with van der Waals surface area (Å²) in [5, 5.41) is 28.8. The highest BCUT2D eigenvalue weighted by Crippen LogP contribution is 2.43. The molecule has 0 bridgehead atoms. The van der Waals surface area contributed by atoms with Crippen LogP contribution in [0.4, 0.5) is 13.2 Å². The number of benzene rings is 2. The Morgan fingerprint density at radius 1 is 1.12 bits per heavy atom. The SMILES string of the molecule is CCC(O)(c1cn(Cc2ccc3c(-c4ccccc4)c(C(C)O)sc3c2)nn1)C(F)(F)F. The number of nitrogens with zero attached hydrogens (tertiary/aromatic N) is 3. The highest BCUT2D eigenvalue weighted by atomic mass is 32.1. The Morgan fingerprint density at radius 2 is 1.84 bits per heavy atom. The molecular weight excluding hydrogens is 439 g/mol. The Bertz CT molecular complexity index is 1230. The first-order valence-electron chi connectivity index (χ1n) is 10.1. The fourth-order valence-electron chi connectivity index (χ4n) is 3.73. The van der Waals surface area contributed by atoms with Crippen molar-refractivity contribution in [2.24, 2.45) is 0 Å². The fourth-order valence-corrected chi connectivity index (χ4v) is 4.96. The molecule has 2 atom stereocenters. The fraction of sp³-hybridized carbons (Fsp3) is 0.304. The second-order valence-electron chi connectivity index (χ2n) is 7.73. The normalized spacial score (nSPS) is 15.1. The van der Waals surface area contributed by atoms with E-state index in [1.807, 2.05) is 48.5 Å². The lowest BCUT2D eigenvalue weighted by atomic mass is 9.96. The minimum atomic E-state index is -4.84. The van der Waals surface area contributed by atoms with Gasteiger partial charge in [-0.3, -0.25) is 0 Å². The van der Waals surface area contributed by atoms with Crippen LogP contribution in [0.5, 0.6) is 0 Å². The van der Waals surface area contributed by atoms with Crippen LogP contribution < -0.4 is 0 Å². The van der Waals surface area contributed by atoms with Gasteiger partial charge in [0.05, 0.1) is 18.8 Å². The standard InChI is InChI=1S/C23H22F3N3O2S/c1-3-22(31,23(24,25)26)19-13-29(28-27-19)12-15-9-10-17-18(11-15)32-21(14(2)30)20(17)16-7-5-4-6-8-16/h4-11,13-14,30-31H,3,12H2,1-2H3. The summed E-state index contributed by atoms with van der Waals surface area (Å²) in [7, 11) is 0. The smallest absolute Gasteiger partial charge is 0.388 e. The molecule has 9 heteroatoms. The van der Waals surface area contributed by atoms with Crippen LogP contribution in [0.2, 0.25) is 0 Å². The lowest BCUT2D eigenvalue weighted by Crippen LogP contribution is -2.42. The summed E-state index contributed by atoms with van der Waals surface area (Å²) in [6, 6.07) is 15.6. The van der Waals surface area contributed by atoms with Gasteiger partial charge in [-0.25, -0.2) is 4.68 Å². The van der Waals surface area contributed by atoms with Crippen LogP contribution in [0.15, 0.2) is 54.7 Å². The molecule has 5 nitrogen and oxygen atoms in total. The minimum absolute atomic E-state index is 0.198. The van der Waals surface area contributed by atoms with Crippen LogP contribution in [0.1, 0.15) is 42.5 Å². The molecule has 0 aliphatic heterocycles. The molecule has 4 aromatic rings. The lowest BCUT2D eigenvalue weighted by Gasteiger charge is -2.26. The van der Waals surface area contributed by atoms with Crippen LogP contribution in [-0.4, -0.2) is 31.4 Å². The Morgan fingerprint density at radius 3 is 2.47 bits per heavy atom. The van der Waals surface area contributed by atoms with E-state index in [0.717, 1.165) is 37.9 Å². The molecule has 2 heterocycles. The monoisotopic (exact) mass is 461 g/mol. The predicted octanol–water partition coefficient (Wildman–Crippen LogP) is 5.42. The number of rotatable bonds is 6. The van der Waals surface area contributed by atoms with Crippen LogP contribution in [0.25, 0.3) is 21.2 Å². The lowest BCUT2D eigenvalue weighted by molar-refractivity contribution is -0.269. The number of alkyl halides is 3. The number of hydrogen-bond acceptors (Lipinski definition) is 5. The van der Waals surface area contributed by atoms with Crippen molar-refractivity contribution in [2.75, 3.05) is 0 Å². The van der Waals surface area contributed by atoms with Crippen molar-refractivity contribution in [3.05, 3.63) is 70.9 Å². The molecule has 0 spiro atoms. The highest BCUT2D eigenvalue weighted by Gasteiger charge is 2.55. The van der Waals surface area contributed by atoms with Gasteiger partial charge in [-0.05, 0) is 30.5 Å². The van der Waals surface area contributed by atoms with Crippen LogP contribution in [0.3, 0.4) is 0 Å². The second kappa shape index (κ2) is 8.31. The van der Waals surface area contributed by atoms with E-state index in [1.54, 1.807) is 6.92 Å². The highest BCUT2D eigenvalue weighted by molar-refractivity contribution is 7.19. The molecule has 0 saturated carbocycles. The summed E-state index contributed by atoms with van der Waals surface area (Å²) in [5.74, 6) is 0. The van der Waals surface area contributed by atoms with Crippen molar-refractivity contribution >= 4 is 21.4 Å². The summed E-state index contributed by atoms with van der Waals surface area (Å²) >= 11 is 1.48. The number of fused-ring (bicyclic) bond motifs is 1.